The number of ether oxygens (including phenoxy) is 1. The molecule has 0 radical (unpaired) electrons. The normalized spacial score (nSPS) is 18.6. The van der Waals surface area contributed by atoms with Gasteiger partial charge in [-0.2, -0.15) is 4.98 Å². The number of rotatable bonds is 4. The standard InChI is InChI=1S/C23H27BrFN5O2/c1-13-18-11-15(24)12-26-21(18)20(25)22(19(13)23-27-14(2)29-32-23)30-7-3-16(4-8-30)28-17-5-9-31-10-6-17/h11-12,16-17,28H,3-10H2,1-2H3. The van der Waals surface area contributed by atoms with Crippen molar-refractivity contribution in [3.8, 4) is 11.5 Å². The first-order valence-corrected chi connectivity index (χ1v) is 12.0. The number of nitrogens with zero attached hydrogens (tertiary/aromatic N) is 4. The van der Waals surface area contributed by atoms with E-state index in [0.29, 0.717) is 40.6 Å². The van der Waals surface area contributed by atoms with Gasteiger partial charge in [0.1, 0.15) is 5.52 Å². The van der Waals surface area contributed by atoms with Crippen LogP contribution in [-0.2, 0) is 4.74 Å². The Hall–Kier alpha value is -2.10. The number of pyridine rings is 1. The van der Waals surface area contributed by atoms with E-state index in [2.05, 4.69) is 41.3 Å². The molecule has 0 bridgehead atoms. The zero-order valence-electron chi connectivity index (χ0n) is 18.3. The molecule has 0 saturated carbocycles. The van der Waals surface area contributed by atoms with Crippen LogP contribution in [0.2, 0.25) is 0 Å². The van der Waals surface area contributed by atoms with Gasteiger partial charge in [-0.3, -0.25) is 4.98 Å². The van der Waals surface area contributed by atoms with Crippen LogP contribution in [0.1, 0.15) is 37.1 Å². The lowest BCUT2D eigenvalue weighted by atomic mass is 9.96. The van der Waals surface area contributed by atoms with Crippen LogP contribution in [0.3, 0.4) is 0 Å². The van der Waals surface area contributed by atoms with Crippen LogP contribution in [0, 0.1) is 19.7 Å². The second kappa shape index (κ2) is 9.03. The third-order valence-electron chi connectivity index (χ3n) is 6.53. The third-order valence-corrected chi connectivity index (χ3v) is 6.96. The summed E-state index contributed by atoms with van der Waals surface area (Å²) in [6.07, 6.45) is 5.64. The maximum absolute atomic E-state index is 15.9. The lowest BCUT2D eigenvalue weighted by Gasteiger charge is -2.37. The van der Waals surface area contributed by atoms with Crippen molar-refractivity contribution >= 4 is 32.5 Å². The van der Waals surface area contributed by atoms with Gasteiger partial charge in [0.2, 0.25) is 0 Å². The van der Waals surface area contributed by atoms with E-state index in [1.54, 1.807) is 13.1 Å². The molecule has 0 spiro atoms. The summed E-state index contributed by atoms with van der Waals surface area (Å²) in [5.74, 6) is 0.538. The quantitative estimate of drug-likeness (QED) is 0.559. The number of benzene rings is 1. The molecule has 2 fully saturated rings. The molecule has 2 aromatic heterocycles. The van der Waals surface area contributed by atoms with Crippen LogP contribution in [0.15, 0.2) is 21.3 Å². The summed E-state index contributed by atoms with van der Waals surface area (Å²) in [5.41, 5.74) is 2.42. The molecule has 3 aromatic rings. The van der Waals surface area contributed by atoms with Crippen molar-refractivity contribution in [2.45, 2.75) is 51.6 Å². The van der Waals surface area contributed by atoms with Gasteiger partial charge >= 0.3 is 0 Å². The Morgan fingerprint density at radius 3 is 2.53 bits per heavy atom. The summed E-state index contributed by atoms with van der Waals surface area (Å²) in [7, 11) is 0. The summed E-state index contributed by atoms with van der Waals surface area (Å²) in [6.45, 7) is 6.89. The maximum Gasteiger partial charge on any atom is 0.260 e. The van der Waals surface area contributed by atoms with Crippen molar-refractivity contribution in [3.05, 3.63) is 33.9 Å². The molecular formula is C23H27BrFN5O2. The van der Waals surface area contributed by atoms with E-state index < -0.39 is 0 Å². The summed E-state index contributed by atoms with van der Waals surface area (Å²) in [4.78, 5) is 10.9. The molecule has 0 atom stereocenters. The number of hydrogen-bond donors (Lipinski definition) is 1. The molecule has 170 valence electrons. The first kappa shape index (κ1) is 21.7. The fourth-order valence-electron chi connectivity index (χ4n) is 4.86. The van der Waals surface area contributed by atoms with Crippen molar-refractivity contribution in [3.63, 3.8) is 0 Å². The Kier molecular flexibility index (Phi) is 6.14. The van der Waals surface area contributed by atoms with Crippen molar-refractivity contribution in [2.24, 2.45) is 0 Å². The molecule has 2 saturated heterocycles. The number of halogens is 2. The fraction of sp³-hybridized carbons (Fsp3) is 0.522. The molecule has 1 N–H and O–H groups in total. The van der Waals surface area contributed by atoms with Crippen LogP contribution >= 0.6 is 15.9 Å². The Morgan fingerprint density at radius 1 is 1.12 bits per heavy atom. The van der Waals surface area contributed by atoms with Crippen LogP contribution in [0.5, 0.6) is 0 Å². The smallest absolute Gasteiger partial charge is 0.260 e. The average molecular weight is 504 g/mol. The molecule has 9 heteroatoms. The van der Waals surface area contributed by atoms with Crippen molar-refractivity contribution in [1.29, 1.82) is 0 Å². The first-order valence-electron chi connectivity index (χ1n) is 11.2. The number of aromatic nitrogens is 3. The highest BCUT2D eigenvalue weighted by atomic mass is 79.9. The van der Waals surface area contributed by atoms with Crippen LogP contribution in [-0.4, -0.2) is 53.5 Å². The molecule has 2 aliphatic rings. The second-order valence-electron chi connectivity index (χ2n) is 8.67. The van der Waals surface area contributed by atoms with Gasteiger partial charge < -0.3 is 19.5 Å². The molecule has 0 unspecified atom stereocenters. The van der Waals surface area contributed by atoms with E-state index in [1.165, 1.54) is 0 Å². The van der Waals surface area contributed by atoms with E-state index >= 15 is 4.39 Å². The Balaban J connectivity index is 1.49. The topological polar surface area (TPSA) is 76.3 Å². The molecule has 2 aliphatic heterocycles. The lowest BCUT2D eigenvalue weighted by Crippen LogP contribution is -2.48. The van der Waals surface area contributed by atoms with Crippen LogP contribution in [0.4, 0.5) is 10.1 Å². The fourth-order valence-corrected chi connectivity index (χ4v) is 5.19. The Labute approximate surface area is 194 Å². The highest BCUT2D eigenvalue weighted by Gasteiger charge is 2.30. The maximum atomic E-state index is 15.9. The van der Waals surface area contributed by atoms with Gasteiger partial charge in [0, 0.05) is 54.4 Å². The molecule has 5 rings (SSSR count). The predicted octanol–water partition coefficient (Wildman–Crippen LogP) is 4.54. The van der Waals surface area contributed by atoms with E-state index in [4.69, 9.17) is 9.26 Å². The highest BCUT2D eigenvalue weighted by molar-refractivity contribution is 9.10. The number of nitrogens with one attached hydrogen (secondary N) is 1. The van der Waals surface area contributed by atoms with Gasteiger partial charge in [-0.05, 0) is 67.1 Å². The number of anilines is 1. The van der Waals surface area contributed by atoms with Crippen molar-refractivity contribution in [1.82, 2.24) is 20.4 Å². The first-order chi connectivity index (χ1) is 15.5. The summed E-state index contributed by atoms with van der Waals surface area (Å²) >= 11 is 3.46. The minimum absolute atomic E-state index is 0.334. The highest BCUT2D eigenvalue weighted by Crippen LogP contribution is 2.41. The van der Waals surface area contributed by atoms with E-state index in [1.807, 2.05) is 13.0 Å². The Bertz CT molecular complexity index is 1120. The van der Waals surface area contributed by atoms with E-state index in [9.17, 15) is 0 Å². The number of hydrogen-bond acceptors (Lipinski definition) is 7. The number of aryl methyl sites for hydroxylation is 2. The molecule has 32 heavy (non-hydrogen) atoms. The van der Waals surface area contributed by atoms with Gasteiger partial charge in [0.05, 0.1) is 11.3 Å². The van der Waals surface area contributed by atoms with Gasteiger partial charge in [-0.25, -0.2) is 4.39 Å². The van der Waals surface area contributed by atoms with Gasteiger partial charge in [-0.1, -0.05) is 5.16 Å². The summed E-state index contributed by atoms with van der Waals surface area (Å²) in [6, 6.07) is 2.84. The monoisotopic (exact) mass is 503 g/mol. The minimum atomic E-state index is -0.334. The van der Waals surface area contributed by atoms with Crippen LogP contribution in [0.25, 0.3) is 22.4 Å². The SMILES string of the molecule is Cc1noc(-c2c(N3CCC(NC4CCOCC4)CC3)c(F)c3ncc(Br)cc3c2C)n1. The van der Waals surface area contributed by atoms with Gasteiger partial charge in [0.15, 0.2) is 11.6 Å². The van der Waals surface area contributed by atoms with Crippen molar-refractivity contribution < 1.29 is 13.7 Å². The Morgan fingerprint density at radius 2 is 1.84 bits per heavy atom. The number of piperidine rings is 1. The lowest BCUT2D eigenvalue weighted by molar-refractivity contribution is 0.0738. The average Bonchev–Trinajstić information content (AvgIpc) is 3.23. The predicted molar refractivity (Wildman–Crippen MR) is 124 cm³/mol. The summed E-state index contributed by atoms with van der Waals surface area (Å²) < 4.78 is 27.7. The molecule has 7 nitrogen and oxygen atoms in total. The minimum Gasteiger partial charge on any atom is -0.381 e. The van der Waals surface area contributed by atoms with Crippen molar-refractivity contribution in [2.75, 3.05) is 31.2 Å². The second-order valence-corrected chi connectivity index (χ2v) is 9.59. The molecule has 1 aromatic carbocycles. The van der Waals surface area contributed by atoms with Gasteiger partial charge in [-0.15, -0.1) is 0 Å². The van der Waals surface area contributed by atoms with Crippen LogP contribution < -0.4 is 10.2 Å². The third kappa shape index (κ3) is 4.13. The largest absolute Gasteiger partial charge is 0.381 e. The molecule has 0 amide bonds. The zero-order chi connectivity index (χ0) is 22.2. The zero-order valence-corrected chi connectivity index (χ0v) is 19.9. The van der Waals surface area contributed by atoms with E-state index in [0.717, 1.165) is 67.4 Å². The molecule has 0 aliphatic carbocycles. The summed E-state index contributed by atoms with van der Waals surface area (Å²) in [5, 5.41) is 8.47. The molecular weight excluding hydrogens is 477 g/mol. The van der Waals surface area contributed by atoms with E-state index in [-0.39, 0.29) is 5.82 Å². The number of fused-ring (bicyclic) bond motifs is 1. The molecule has 4 heterocycles. The van der Waals surface area contributed by atoms with Gasteiger partial charge in [0.25, 0.3) is 5.89 Å².